The van der Waals surface area contributed by atoms with E-state index in [0.717, 1.165) is 6.54 Å². The molecule has 0 saturated carbocycles. The minimum absolute atomic E-state index is 0.0634. The quantitative estimate of drug-likeness (QED) is 0.569. The van der Waals surface area contributed by atoms with E-state index >= 15 is 0 Å². The number of carbonyl (C=O) groups excluding carboxylic acids is 2. The second-order valence-corrected chi connectivity index (χ2v) is 5.27. The van der Waals surface area contributed by atoms with Crippen molar-refractivity contribution in [1.82, 2.24) is 15.5 Å². The number of nitrogens with zero attached hydrogens (tertiary/aromatic N) is 1. The van der Waals surface area contributed by atoms with Gasteiger partial charge in [-0.15, -0.1) is 0 Å². The second kappa shape index (κ2) is 5.67. The number of carbonyl (C=O) groups is 2. The molecule has 0 bridgehead atoms. The van der Waals surface area contributed by atoms with E-state index < -0.39 is 0 Å². The Balaban J connectivity index is 1.82. The van der Waals surface area contributed by atoms with Crippen LogP contribution in [-0.2, 0) is 9.59 Å². The Morgan fingerprint density at radius 3 is 2.33 bits per heavy atom. The van der Waals surface area contributed by atoms with Gasteiger partial charge in [0, 0.05) is 38.1 Å². The number of amides is 2. The molecular weight excluding hydrogens is 232 g/mol. The van der Waals surface area contributed by atoms with E-state index in [1.165, 1.54) is 0 Å². The van der Waals surface area contributed by atoms with Gasteiger partial charge < -0.3 is 21.3 Å². The van der Waals surface area contributed by atoms with Crippen LogP contribution < -0.4 is 16.4 Å². The summed E-state index contributed by atoms with van der Waals surface area (Å²) in [6, 6.07) is 0.279. The van der Waals surface area contributed by atoms with Crippen molar-refractivity contribution >= 4 is 11.8 Å². The minimum atomic E-state index is -0.242. The van der Waals surface area contributed by atoms with Crippen molar-refractivity contribution in [3.8, 4) is 0 Å². The Labute approximate surface area is 107 Å². The summed E-state index contributed by atoms with van der Waals surface area (Å²) in [5, 5.41) is 6.55. The number of nitrogens with one attached hydrogen (secondary N) is 2. The molecule has 102 valence electrons. The lowest BCUT2D eigenvalue weighted by atomic mass is 9.95. The molecule has 2 heterocycles. The summed E-state index contributed by atoms with van der Waals surface area (Å²) in [5.74, 6) is -0.169. The van der Waals surface area contributed by atoms with Crippen LogP contribution >= 0.6 is 0 Å². The molecule has 0 aromatic carbocycles. The molecule has 0 aromatic rings. The van der Waals surface area contributed by atoms with Crippen LogP contribution in [0.2, 0.25) is 0 Å². The largest absolute Gasteiger partial charge is 0.369 e. The first-order chi connectivity index (χ1) is 8.58. The lowest BCUT2D eigenvalue weighted by molar-refractivity contribution is -0.137. The van der Waals surface area contributed by atoms with E-state index in [0.29, 0.717) is 38.5 Å². The summed E-state index contributed by atoms with van der Waals surface area (Å²) in [5.41, 5.74) is 5.28. The van der Waals surface area contributed by atoms with Crippen molar-refractivity contribution in [2.75, 3.05) is 26.2 Å². The third-order valence-corrected chi connectivity index (χ3v) is 3.85. The Hall–Kier alpha value is -1.14. The van der Waals surface area contributed by atoms with Crippen molar-refractivity contribution in [2.45, 2.75) is 31.8 Å². The number of likely N-dealkylation sites (tertiary alicyclic amines) is 1. The molecule has 0 aliphatic carbocycles. The van der Waals surface area contributed by atoms with Gasteiger partial charge in [0.05, 0.1) is 6.04 Å². The SMILES string of the molecule is CC1CNC(C(=O)N2CCC(C(N)=O)CC2)CN1. The monoisotopic (exact) mass is 254 g/mol. The highest BCUT2D eigenvalue weighted by Crippen LogP contribution is 2.17. The molecule has 2 aliphatic rings. The maximum Gasteiger partial charge on any atom is 0.241 e. The van der Waals surface area contributed by atoms with Gasteiger partial charge in [0.15, 0.2) is 0 Å². The van der Waals surface area contributed by atoms with Gasteiger partial charge in [-0.05, 0) is 19.8 Å². The van der Waals surface area contributed by atoms with Gasteiger partial charge in [0.2, 0.25) is 11.8 Å². The number of nitrogens with two attached hydrogens (primary N) is 1. The van der Waals surface area contributed by atoms with Gasteiger partial charge >= 0.3 is 0 Å². The third kappa shape index (κ3) is 3.00. The number of hydrogen-bond acceptors (Lipinski definition) is 4. The summed E-state index contributed by atoms with van der Waals surface area (Å²) in [4.78, 5) is 25.2. The van der Waals surface area contributed by atoms with Crippen molar-refractivity contribution in [1.29, 1.82) is 0 Å². The fourth-order valence-electron chi connectivity index (χ4n) is 2.56. The van der Waals surface area contributed by atoms with Crippen LogP contribution in [0.3, 0.4) is 0 Å². The van der Waals surface area contributed by atoms with E-state index in [2.05, 4.69) is 17.6 Å². The fraction of sp³-hybridized carbons (Fsp3) is 0.833. The number of rotatable bonds is 2. The molecule has 2 saturated heterocycles. The van der Waals surface area contributed by atoms with Crippen LogP contribution in [-0.4, -0.2) is 55.0 Å². The first-order valence-electron chi connectivity index (χ1n) is 6.63. The fourth-order valence-corrected chi connectivity index (χ4v) is 2.56. The molecule has 6 heteroatoms. The van der Waals surface area contributed by atoms with E-state index in [-0.39, 0.29) is 23.8 Å². The third-order valence-electron chi connectivity index (χ3n) is 3.85. The molecule has 2 fully saturated rings. The average molecular weight is 254 g/mol. The van der Waals surface area contributed by atoms with Gasteiger partial charge in [0.1, 0.15) is 0 Å². The Morgan fingerprint density at radius 2 is 1.83 bits per heavy atom. The number of primary amides is 1. The maximum atomic E-state index is 12.2. The molecule has 2 unspecified atom stereocenters. The summed E-state index contributed by atoms with van der Waals surface area (Å²) < 4.78 is 0. The normalized spacial score (nSPS) is 30.2. The summed E-state index contributed by atoms with van der Waals surface area (Å²) in [7, 11) is 0. The standard InChI is InChI=1S/C12H22N4O2/c1-8-6-15-10(7-14-8)12(18)16-4-2-9(3-5-16)11(13)17/h8-10,14-15H,2-7H2,1H3,(H2,13,17). The topological polar surface area (TPSA) is 87.5 Å². The molecule has 2 rings (SSSR count). The molecule has 4 N–H and O–H groups in total. The highest BCUT2D eigenvalue weighted by Gasteiger charge is 2.31. The van der Waals surface area contributed by atoms with Crippen LogP contribution in [0, 0.1) is 5.92 Å². The van der Waals surface area contributed by atoms with E-state index in [9.17, 15) is 9.59 Å². The zero-order valence-electron chi connectivity index (χ0n) is 10.8. The predicted molar refractivity (Wildman–Crippen MR) is 67.8 cm³/mol. The lowest BCUT2D eigenvalue weighted by Gasteiger charge is -2.36. The average Bonchev–Trinajstić information content (AvgIpc) is 2.39. The molecule has 18 heavy (non-hydrogen) atoms. The Bertz CT molecular complexity index is 318. The number of piperazine rings is 1. The molecule has 6 nitrogen and oxygen atoms in total. The first kappa shape index (κ1) is 13.3. The molecule has 2 amide bonds. The summed E-state index contributed by atoms with van der Waals surface area (Å²) >= 11 is 0. The molecular formula is C12H22N4O2. The van der Waals surface area contributed by atoms with Crippen LogP contribution in [0.15, 0.2) is 0 Å². The van der Waals surface area contributed by atoms with Gasteiger partial charge in [-0.2, -0.15) is 0 Å². The zero-order chi connectivity index (χ0) is 13.1. The van der Waals surface area contributed by atoms with Gasteiger partial charge in [-0.1, -0.05) is 0 Å². The van der Waals surface area contributed by atoms with Gasteiger partial charge in [-0.3, -0.25) is 9.59 Å². The number of hydrogen-bond donors (Lipinski definition) is 3. The minimum Gasteiger partial charge on any atom is -0.369 e. The molecule has 2 atom stereocenters. The van der Waals surface area contributed by atoms with Crippen LogP contribution in [0.5, 0.6) is 0 Å². The smallest absolute Gasteiger partial charge is 0.241 e. The van der Waals surface area contributed by atoms with E-state index in [1.54, 1.807) is 0 Å². The Kier molecular flexibility index (Phi) is 4.19. The summed E-state index contributed by atoms with van der Waals surface area (Å²) in [6.45, 7) is 4.86. The Morgan fingerprint density at radius 1 is 1.17 bits per heavy atom. The van der Waals surface area contributed by atoms with Crippen molar-refractivity contribution in [2.24, 2.45) is 11.7 Å². The second-order valence-electron chi connectivity index (χ2n) is 5.27. The summed E-state index contributed by atoms with van der Waals surface area (Å²) in [6.07, 6.45) is 1.38. The number of piperidine rings is 1. The molecule has 0 spiro atoms. The van der Waals surface area contributed by atoms with E-state index in [1.807, 2.05) is 4.90 Å². The molecule has 0 aromatic heterocycles. The van der Waals surface area contributed by atoms with Gasteiger partial charge in [0.25, 0.3) is 0 Å². The molecule has 0 radical (unpaired) electrons. The predicted octanol–water partition coefficient (Wildman–Crippen LogP) is -1.34. The lowest BCUT2D eigenvalue weighted by Crippen LogP contribution is -2.60. The van der Waals surface area contributed by atoms with Gasteiger partial charge in [-0.25, -0.2) is 0 Å². The maximum absolute atomic E-state index is 12.2. The van der Waals surface area contributed by atoms with Crippen molar-refractivity contribution in [3.05, 3.63) is 0 Å². The van der Waals surface area contributed by atoms with Crippen LogP contribution in [0.1, 0.15) is 19.8 Å². The first-order valence-corrected chi connectivity index (χ1v) is 6.63. The van der Waals surface area contributed by atoms with Crippen LogP contribution in [0.4, 0.5) is 0 Å². The highest BCUT2D eigenvalue weighted by atomic mass is 16.2. The van der Waals surface area contributed by atoms with Crippen molar-refractivity contribution < 1.29 is 9.59 Å². The zero-order valence-corrected chi connectivity index (χ0v) is 10.8. The van der Waals surface area contributed by atoms with Crippen LogP contribution in [0.25, 0.3) is 0 Å². The highest BCUT2D eigenvalue weighted by molar-refractivity contribution is 5.83. The molecule has 2 aliphatic heterocycles. The van der Waals surface area contributed by atoms with E-state index in [4.69, 9.17) is 5.73 Å². The van der Waals surface area contributed by atoms with Crippen molar-refractivity contribution in [3.63, 3.8) is 0 Å².